The molecule has 2 aliphatic rings. The number of rotatable bonds is 6. The van der Waals surface area contributed by atoms with E-state index in [1.165, 1.54) is 4.90 Å². The molecule has 0 aromatic heterocycles. The van der Waals surface area contributed by atoms with Crippen LogP contribution in [-0.4, -0.2) is 41.3 Å². The molecule has 0 aliphatic carbocycles. The van der Waals surface area contributed by atoms with Gasteiger partial charge in [0.1, 0.15) is 11.4 Å². The molecule has 2 aliphatic heterocycles. The largest absolute Gasteiger partial charge is 0.494 e. The minimum atomic E-state index is -0.273. The number of piperidine rings is 1. The van der Waals surface area contributed by atoms with E-state index in [1.807, 2.05) is 49.4 Å². The van der Waals surface area contributed by atoms with Gasteiger partial charge in [-0.2, -0.15) is 0 Å². The van der Waals surface area contributed by atoms with Crippen molar-refractivity contribution >= 4 is 29.0 Å². The van der Waals surface area contributed by atoms with E-state index in [4.69, 9.17) is 16.3 Å². The third-order valence-electron chi connectivity index (χ3n) is 5.56. The second-order valence-electron chi connectivity index (χ2n) is 7.52. The molecule has 0 saturated carbocycles. The number of nitrogens with zero attached hydrogens (tertiary/aromatic N) is 2. The molecule has 2 aromatic rings. The first-order valence-corrected chi connectivity index (χ1v) is 10.8. The molecule has 30 heavy (non-hydrogen) atoms. The number of carbonyl (C=O) groups is 2. The first kappa shape index (κ1) is 20.5. The van der Waals surface area contributed by atoms with Crippen LogP contribution in [0.4, 0.5) is 0 Å². The number of halogens is 1. The lowest BCUT2D eigenvalue weighted by molar-refractivity contribution is -0.138. The molecule has 156 valence electrons. The van der Waals surface area contributed by atoms with Gasteiger partial charge in [0.25, 0.3) is 11.8 Å². The minimum Gasteiger partial charge on any atom is -0.494 e. The molecule has 1 saturated heterocycles. The molecule has 0 radical (unpaired) electrons. The third-order valence-corrected chi connectivity index (χ3v) is 5.92. The zero-order valence-corrected chi connectivity index (χ0v) is 17.8. The molecule has 5 nitrogen and oxygen atoms in total. The van der Waals surface area contributed by atoms with Crippen molar-refractivity contribution < 1.29 is 14.3 Å². The summed E-state index contributed by atoms with van der Waals surface area (Å²) >= 11 is 6.30. The van der Waals surface area contributed by atoms with E-state index in [9.17, 15) is 9.59 Å². The first-order valence-electron chi connectivity index (χ1n) is 10.4. The highest BCUT2D eigenvalue weighted by Gasteiger charge is 2.41. The lowest BCUT2D eigenvalue weighted by Crippen LogP contribution is -2.36. The summed E-state index contributed by atoms with van der Waals surface area (Å²) in [5.41, 5.74) is 2.47. The lowest BCUT2D eigenvalue weighted by Gasteiger charge is -2.29. The van der Waals surface area contributed by atoms with Crippen molar-refractivity contribution in [1.29, 1.82) is 0 Å². The zero-order chi connectivity index (χ0) is 21.1. The summed E-state index contributed by atoms with van der Waals surface area (Å²) in [4.78, 5) is 30.3. The highest BCUT2D eigenvalue weighted by molar-refractivity contribution is 6.35. The molecule has 0 unspecified atom stereocenters. The van der Waals surface area contributed by atoms with Crippen LogP contribution < -0.4 is 4.74 Å². The molecule has 0 N–H and O–H groups in total. The van der Waals surface area contributed by atoms with Gasteiger partial charge in [-0.25, -0.2) is 0 Å². The summed E-state index contributed by atoms with van der Waals surface area (Å²) in [6.07, 6.45) is 3.19. The Hall–Kier alpha value is -2.79. The van der Waals surface area contributed by atoms with Crippen molar-refractivity contribution in [3.05, 3.63) is 70.4 Å². The summed E-state index contributed by atoms with van der Waals surface area (Å²) in [5.74, 6) is 0.224. The second kappa shape index (κ2) is 8.92. The number of amides is 2. The van der Waals surface area contributed by atoms with E-state index in [1.54, 1.807) is 6.07 Å². The van der Waals surface area contributed by atoms with Gasteiger partial charge in [0.15, 0.2) is 0 Å². The number of ether oxygens (including phenoxy) is 1. The molecule has 1 fully saturated rings. The number of hydrogen-bond acceptors (Lipinski definition) is 4. The van der Waals surface area contributed by atoms with E-state index in [0.29, 0.717) is 22.9 Å². The van der Waals surface area contributed by atoms with Crippen LogP contribution in [0.5, 0.6) is 5.75 Å². The van der Waals surface area contributed by atoms with Crippen LogP contribution in [0.3, 0.4) is 0 Å². The quantitative estimate of drug-likeness (QED) is 0.640. The highest BCUT2D eigenvalue weighted by Crippen LogP contribution is 2.35. The number of benzene rings is 2. The molecular formula is C24H25ClN2O3. The minimum absolute atomic E-state index is 0.162. The third kappa shape index (κ3) is 3.94. The smallest absolute Gasteiger partial charge is 0.278 e. The fraction of sp³-hybridized carbons (Fsp3) is 0.333. The van der Waals surface area contributed by atoms with Gasteiger partial charge < -0.3 is 9.64 Å². The summed E-state index contributed by atoms with van der Waals surface area (Å²) in [6, 6.07) is 14.7. The molecule has 2 amide bonds. The molecule has 4 rings (SSSR count). The van der Waals surface area contributed by atoms with Crippen LogP contribution in [0.1, 0.15) is 37.3 Å². The van der Waals surface area contributed by atoms with Crippen molar-refractivity contribution in [3.63, 3.8) is 0 Å². The van der Waals surface area contributed by atoms with E-state index >= 15 is 0 Å². The number of likely N-dealkylation sites (tertiary alicyclic amines) is 1. The molecule has 0 spiro atoms. The van der Waals surface area contributed by atoms with E-state index < -0.39 is 0 Å². The Labute approximate surface area is 181 Å². The summed E-state index contributed by atoms with van der Waals surface area (Å²) in [6.45, 7) is 4.24. The Morgan fingerprint density at radius 2 is 1.63 bits per heavy atom. The number of hydrogen-bond donors (Lipinski definition) is 0. The van der Waals surface area contributed by atoms with Crippen molar-refractivity contribution in [2.45, 2.75) is 32.7 Å². The van der Waals surface area contributed by atoms with Gasteiger partial charge in [0, 0.05) is 18.1 Å². The van der Waals surface area contributed by atoms with E-state index in [0.717, 1.165) is 49.2 Å². The Morgan fingerprint density at radius 1 is 0.933 bits per heavy atom. The maximum Gasteiger partial charge on any atom is 0.278 e. The SMILES string of the molecule is CCOc1ccc(C2=C(N3CCCCC3)C(=O)N(Cc3ccccc3Cl)C2=O)cc1. The van der Waals surface area contributed by atoms with Gasteiger partial charge in [-0.15, -0.1) is 0 Å². The van der Waals surface area contributed by atoms with E-state index in [-0.39, 0.29) is 18.4 Å². The summed E-state index contributed by atoms with van der Waals surface area (Å²) in [7, 11) is 0. The lowest BCUT2D eigenvalue weighted by atomic mass is 10.0. The van der Waals surface area contributed by atoms with Crippen molar-refractivity contribution in [1.82, 2.24) is 9.80 Å². The van der Waals surface area contributed by atoms with Gasteiger partial charge in [0.05, 0.1) is 18.7 Å². The molecule has 0 bridgehead atoms. The Morgan fingerprint density at radius 3 is 2.30 bits per heavy atom. The first-order chi connectivity index (χ1) is 14.6. The van der Waals surface area contributed by atoms with Crippen LogP contribution in [0.15, 0.2) is 54.2 Å². The average Bonchev–Trinajstić information content (AvgIpc) is 3.01. The fourth-order valence-electron chi connectivity index (χ4n) is 4.06. The van der Waals surface area contributed by atoms with Gasteiger partial charge in [-0.3, -0.25) is 14.5 Å². The maximum absolute atomic E-state index is 13.4. The van der Waals surface area contributed by atoms with Gasteiger partial charge in [-0.05, 0) is 55.5 Å². The van der Waals surface area contributed by atoms with Crippen LogP contribution in [-0.2, 0) is 16.1 Å². The predicted octanol–water partition coefficient (Wildman–Crippen LogP) is 4.50. The Kier molecular flexibility index (Phi) is 6.09. The van der Waals surface area contributed by atoms with Crippen LogP contribution in [0.25, 0.3) is 5.57 Å². The number of imide groups is 1. The summed E-state index contributed by atoms with van der Waals surface area (Å²) in [5, 5.41) is 0.548. The maximum atomic E-state index is 13.4. The van der Waals surface area contributed by atoms with Crippen molar-refractivity contribution in [3.8, 4) is 5.75 Å². The normalized spacial score (nSPS) is 17.1. The Balaban J connectivity index is 1.71. The van der Waals surface area contributed by atoms with Crippen LogP contribution in [0.2, 0.25) is 5.02 Å². The highest BCUT2D eigenvalue weighted by atomic mass is 35.5. The monoisotopic (exact) mass is 424 g/mol. The van der Waals surface area contributed by atoms with E-state index in [2.05, 4.69) is 4.90 Å². The van der Waals surface area contributed by atoms with Gasteiger partial charge in [-0.1, -0.05) is 41.9 Å². The fourth-order valence-corrected chi connectivity index (χ4v) is 4.25. The van der Waals surface area contributed by atoms with Crippen molar-refractivity contribution in [2.75, 3.05) is 19.7 Å². The zero-order valence-electron chi connectivity index (χ0n) is 17.1. The second-order valence-corrected chi connectivity index (χ2v) is 7.92. The van der Waals surface area contributed by atoms with Gasteiger partial charge >= 0.3 is 0 Å². The molecule has 2 aromatic carbocycles. The molecular weight excluding hydrogens is 400 g/mol. The van der Waals surface area contributed by atoms with Gasteiger partial charge in [0.2, 0.25) is 0 Å². The molecule has 6 heteroatoms. The number of carbonyl (C=O) groups excluding carboxylic acids is 2. The standard InChI is InChI=1S/C24H25ClN2O3/c1-2-30-19-12-10-17(11-13-19)21-22(26-14-6-3-7-15-26)24(29)27(23(21)28)16-18-8-4-5-9-20(18)25/h4-5,8-13H,2-3,6-7,14-16H2,1H3. The molecule has 0 atom stereocenters. The summed E-state index contributed by atoms with van der Waals surface area (Å²) < 4.78 is 5.52. The van der Waals surface area contributed by atoms with Crippen LogP contribution >= 0.6 is 11.6 Å². The average molecular weight is 425 g/mol. The van der Waals surface area contributed by atoms with Crippen molar-refractivity contribution in [2.24, 2.45) is 0 Å². The topological polar surface area (TPSA) is 49.9 Å². The predicted molar refractivity (Wildman–Crippen MR) is 117 cm³/mol. The Bertz CT molecular complexity index is 978. The molecule has 2 heterocycles. The van der Waals surface area contributed by atoms with Crippen LogP contribution in [0, 0.1) is 0 Å².